The number of piperazine rings is 1. The Kier molecular flexibility index (Phi) is 9.03. The highest BCUT2D eigenvalue weighted by Crippen LogP contribution is 2.22. The molecule has 1 aliphatic rings. The lowest BCUT2D eigenvalue weighted by Gasteiger charge is -2.35. The predicted molar refractivity (Wildman–Crippen MR) is 134 cm³/mol. The molecule has 0 spiro atoms. The van der Waals surface area contributed by atoms with Crippen molar-refractivity contribution < 1.29 is 14.3 Å². The molecular formula is C24H35N7O3. The summed E-state index contributed by atoms with van der Waals surface area (Å²) in [5, 5.41) is 8.98. The molecule has 3 N–H and O–H groups in total. The molecule has 184 valence electrons. The Bertz CT molecular complexity index is 958. The molecule has 0 radical (unpaired) electrons. The van der Waals surface area contributed by atoms with Gasteiger partial charge in [0.2, 0.25) is 0 Å². The monoisotopic (exact) mass is 469 g/mol. The molecular weight excluding hydrogens is 434 g/mol. The summed E-state index contributed by atoms with van der Waals surface area (Å²) in [5.41, 5.74) is 1.57. The molecule has 0 aliphatic carbocycles. The van der Waals surface area contributed by atoms with E-state index in [9.17, 15) is 9.59 Å². The summed E-state index contributed by atoms with van der Waals surface area (Å²) in [6, 6.07) is 9.18. The van der Waals surface area contributed by atoms with Crippen molar-refractivity contribution in [3.8, 4) is 0 Å². The van der Waals surface area contributed by atoms with Crippen molar-refractivity contribution in [1.29, 1.82) is 0 Å². The summed E-state index contributed by atoms with van der Waals surface area (Å²) in [5.74, 6) is 2.44. The number of carbonyl (C=O) groups is 2. The van der Waals surface area contributed by atoms with Gasteiger partial charge < -0.3 is 25.6 Å². The second-order valence-corrected chi connectivity index (χ2v) is 8.66. The fraction of sp³-hybridized carbons (Fsp3) is 0.500. The minimum absolute atomic E-state index is 0.183. The van der Waals surface area contributed by atoms with Crippen LogP contribution in [0.1, 0.15) is 26.6 Å². The standard InChI is InChI=1S/C24H35N7O3/c1-5-34-23(32)16-30-10-12-31(13-11-30)22-14-21(26-18(4)27-22)28-19-6-8-20(9-7-19)29-24(33)25-15-17(2)3/h6-9,14,17H,5,10-13,15-16H2,1-4H3,(H2,25,29,33)(H,26,27,28). The summed E-state index contributed by atoms with van der Waals surface area (Å²) in [4.78, 5) is 37.1. The average molecular weight is 470 g/mol. The van der Waals surface area contributed by atoms with Crippen LogP contribution >= 0.6 is 0 Å². The third-order valence-electron chi connectivity index (χ3n) is 5.26. The second-order valence-electron chi connectivity index (χ2n) is 8.66. The largest absolute Gasteiger partial charge is 0.465 e. The summed E-state index contributed by atoms with van der Waals surface area (Å²) in [6.07, 6.45) is 0. The molecule has 1 aliphatic heterocycles. The molecule has 1 fully saturated rings. The molecule has 0 unspecified atom stereocenters. The van der Waals surface area contributed by atoms with Gasteiger partial charge in [-0.1, -0.05) is 13.8 Å². The van der Waals surface area contributed by atoms with Gasteiger partial charge in [-0.25, -0.2) is 14.8 Å². The average Bonchev–Trinajstić information content (AvgIpc) is 2.79. The summed E-state index contributed by atoms with van der Waals surface area (Å²) in [7, 11) is 0. The van der Waals surface area contributed by atoms with Crippen LogP contribution < -0.4 is 20.9 Å². The van der Waals surface area contributed by atoms with Crippen LogP contribution in [0.2, 0.25) is 0 Å². The maximum Gasteiger partial charge on any atom is 0.320 e. The van der Waals surface area contributed by atoms with Crippen LogP contribution in [0.4, 0.5) is 27.8 Å². The van der Waals surface area contributed by atoms with E-state index in [-0.39, 0.29) is 12.0 Å². The fourth-order valence-electron chi connectivity index (χ4n) is 3.56. The van der Waals surface area contributed by atoms with Gasteiger partial charge in [-0.2, -0.15) is 0 Å². The van der Waals surface area contributed by atoms with Crippen LogP contribution in [0, 0.1) is 12.8 Å². The molecule has 2 amide bonds. The van der Waals surface area contributed by atoms with Gasteiger partial charge in [0.05, 0.1) is 13.2 Å². The molecule has 34 heavy (non-hydrogen) atoms. The van der Waals surface area contributed by atoms with Crippen molar-refractivity contribution >= 4 is 35.0 Å². The lowest BCUT2D eigenvalue weighted by atomic mass is 10.2. The first-order valence-corrected chi connectivity index (χ1v) is 11.7. The minimum atomic E-state index is -0.215. The Hall–Kier alpha value is -3.40. The minimum Gasteiger partial charge on any atom is -0.465 e. The van der Waals surface area contributed by atoms with Gasteiger partial charge in [0.25, 0.3) is 0 Å². The highest BCUT2D eigenvalue weighted by atomic mass is 16.5. The number of hydrogen-bond acceptors (Lipinski definition) is 8. The van der Waals surface area contributed by atoms with Crippen LogP contribution in [0.15, 0.2) is 30.3 Å². The van der Waals surface area contributed by atoms with Gasteiger partial charge in [0, 0.05) is 50.2 Å². The van der Waals surface area contributed by atoms with Crippen LogP contribution in [-0.4, -0.2) is 72.7 Å². The van der Waals surface area contributed by atoms with Gasteiger partial charge in [0.1, 0.15) is 17.5 Å². The van der Waals surface area contributed by atoms with Crippen molar-refractivity contribution in [2.24, 2.45) is 5.92 Å². The lowest BCUT2D eigenvalue weighted by molar-refractivity contribution is -0.144. The zero-order valence-electron chi connectivity index (χ0n) is 20.4. The van der Waals surface area contributed by atoms with Crippen molar-refractivity contribution in [1.82, 2.24) is 20.2 Å². The Morgan fingerprint density at radius 1 is 1.06 bits per heavy atom. The van der Waals surface area contributed by atoms with Gasteiger partial charge in [-0.15, -0.1) is 0 Å². The van der Waals surface area contributed by atoms with E-state index in [4.69, 9.17) is 4.74 Å². The molecule has 1 saturated heterocycles. The van der Waals surface area contributed by atoms with E-state index < -0.39 is 0 Å². The van der Waals surface area contributed by atoms with E-state index in [1.54, 1.807) is 0 Å². The van der Waals surface area contributed by atoms with Gasteiger partial charge in [-0.3, -0.25) is 9.69 Å². The topological polar surface area (TPSA) is 112 Å². The molecule has 0 atom stereocenters. The highest BCUT2D eigenvalue weighted by Gasteiger charge is 2.21. The Balaban J connectivity index is 1.56. The summed E-state index contributed by atoms with van der Waals surface area (Å²) < 4.78 is 5.04. The first-order chi connectivity index (χ1) is 16.3. The summed E-state index contributed by atoms with van der Waals surface area (Å²) >= 11 is 0. The van der Waals surface area contributed by atoms with E-state index in [0.29, 0.717) is 42.9 Å². The van der Waals surface area contributed by atoms with Crippen molar-refractivity contribution in [3.05, 3.63) is 36.2 Å². The molecule has 2 aromatic rings. The smallest absolute Gasteiger partial charge is 0.320 e. The number of carbonyl (C=O) groups excluding carboxylic acids is 2. The SMILES string of the molecule is CCOC(=O)CN1CCN(c2cc(Nc3ccc(NC(=O)NCC(C)C)cc3)nc(C)n2)CC1. The second kappa shape index (κ2) is 12.2. The zero-order valence-corrected chi connectivity index (χ0v) is 20.4. The third kappa shape index (κ3) is 7.87. The maximum atomic E-state index is 11.9. The van der Waals surface area contributed by atoms with E-state index in [2.05, 4.69) is 35.7 Å². The Morgan fingerprint density at radius 2 is 1.74 bits per heavy atom. The number of aryl methyl sites for hydroxylation is 1. The number of urea groups is 1. The third-order valence-corrected chi connectivity index (χ3v) is 5.26. The Morgan fingerprint density at radius 3 is 2.38 bits per heavy atom. The molecule has 0 saturated carbocycles. The van der Waals surface area contributed by atoms with E-state index in [0.717, 1.165) is 37.7 Å². The van der Waals surface area contributed by atoms with E-state index in [1.807, 2.05) is 58.0 Å². The molecule has 1 aromatic heterocycles. The van der Waals surface area contributed by atoms with Crippen molar-refractivity contribution in [3.63, 3.8) is 0 Å². The first-order valence-electron chi connectivity index (χ1n) is 11.7. The molecule has 2 heterocycles. The number of amides is 2. The number of nitrogens with one attached hydrogen (secondary N) is 3. The van der Waals surface area contributed by atoms with Gasteiger partial charge in [0.15, 0.2) is 0 Å². The summed E-state index contributed by atoms with van der Waals surface area (Å²) in [6.45, 7) is 12.2. The first kappa shape index (κ1) is 25.2. The molecule has 10 nitrogen and oxygen atoms in total. The van der Waals surface area contributed by atoms with Crippen LogP contribution in [0.3, 0.4) is 0 Å². The number of benzene rings is 1. The maximum absolute atomic E-state index is 11.9. The zero-order chi connectivity index (χ0) is 24.5. The van der Waals surface area contributed by atoms with Gasteiger partial charge >= 0.3 is 12.0 Å². The normalized spacial score (nSPS) is 14.1. The molecule has 0 bridgehead atoms. The molecule has 3 rings (SSSR count). The van der Waals surface area contributed by atoms with Crippen LogP contribution in [0.5, 0.6) is 0 Å². The number of hydrogen-bond donors (Lipinski definition) is 3. The number of nitrogens with zero attached hydrogens (tertiary/aromatic N) is 4. The lowest BCUT2D eigenvalue weighted by Crippen LogP contribution is -2.48. The van der Waals surface area contributed by atoms with Crippen molar-refractivity contribution in [2.45, 2.75) is 27.7 Å². The van der Waals surface area contributed by atoms with Gasteiger partial charge in [-0.05, 0) is 44.0 Å². The number of esters is 1. The molecule has 10 heteroatoms. The highest BCUT2D eigenvalue weighted by molar-refractivity contribution is 5.89. The van der Waals surface area contributed by atoms with Crippen LogP contribution in [0.25, 0.3) is 0 Å². The fourth-order valence-corrected chi connectivity index (χ4v) is 3.56. The van der Waals surface area contributed by atoms with E-state index in [1.165, 1.54) is 0 Å². The van der Waals surface area contributed by atoms with Crippen molar-refractivity contribution in [2.75, 3.05) is 61.4 Å². The number of rotatable bonds is 9. The molecule has 1 aromatic carbocycles. The number of aromatic nitrogens is 2. The predicted octanol–water partition coefficient (Wildman–Crippen LogP) is 2.99. The quantitative estimate of drug-likeness (QED) is 0.481. The number of anilines is 4. The van der Waals surface area contributed by atoms with Crippen LogP contribution in [-0.2, 0) is 9.53 Å². The number of ether oxygens (including phenoxy) is 1. The van der Waals surface area contributed by atoms with E-state index >= 15 is 0 Å². The Labute approximate surface area is 201 Å².